The molecule has 0 spiro atoms. The van der Waals surface area contributed by atoms with Crippen LogP contribution in [0.3, 0.4) is 0 Å². The third-order valence-corrected chi connectivity index (χ3v) is 5.84. The average molecular weight is 413 g/mol. The summed E-state index contributed by atoms with van der Waals surface area (Å²) in [6.45, 7) is 2.27. The predicted octanol–water partition coefficient (Wildman–Crippen LogP) is 5.21. The van der Waals surface area contributed by atoms with Gasteiger partial charge in [0.2, 0.25) is 5.91 Å². The molecule has 3 aromatic rings. The van der Waals surface area contributed by atoms with Crippen LogP contribution in [-0.4, -0.2) is 22.1 Å². The highest BCUT2D eigenvalue weighted by molar-refractivity contribution is 5.94. The minimum Gasteiger partial charge on any atom is -0.324 e. The maximum atomic E-state index is 13.3. The number of halogens is 3. The van der Waals surface area contributed by atoms with Gasteiger partial charge >= 0.3 is 6.18 Å². The summed E-state index contributed by atoms with van der Waals surface area (Å²) in [5, 5.41) is 3.86. The molecule has 1 atom stereocenters. The van der Waals surface area contributed by atoms with Crippen molar-refractivity contribution in [2.75, 3.05) is 5.32 Å². The molecule has 2 heterocycles. The lowest BCUT2D eigenvalue weighted by molar-refractivity contribution is -0.181. The molecule has 1 aliphatic carbocycles. The second kappa shape index (κ2) is 7.38. The van der Waals surface area contributed by atoms with Gasteiger partial charge in [-0.05, 0) is 56.9 Å². The number of rotatable bonds is 3. The molecule has 156 valence electrons. The van der Waals surface area contributed by atoms with Gasteiger partial charge in [0.25, 0.3) is 0 Å². The van der Waals surface area contributed by atoms with E-state index in [1.54, 1.807) is 12.3 Å². The molecule has 0 aliphatic heterocycles. The van der Waals surface area contributed by atoms with Crippen LogP contribution in [0.5, 0.6) is 0 Å². The van der Waals surface area contributed by atoms with Crippen molar-refractivity contribution in [2.24, 2.45) is 5.92 Å². The molecule has 0 saturated carbocycles. The Morgan fingerprint density at radius 2 is 1.90 bits per heavy atom. The third-order valence-electron chi connectivity index (χ3n) is 5.84. The second-order valence-electron chi connectivity index (χ2n) is 8.27. The fraction of sp³-hybridized carbons (Fsp3) is 0.348. The van der Waals surface area contributed by atoms with Gasteiger partial charge in [-0.3, -0.25) is 14.8 Å². The molecule has 1 aliphatic rings. The highest BCUT2D eigenvalue weighted by atomic mass is 19.4. The second-order valence-corrected chi connectivity index (χ2v) is 8.27. The number of amides is 1. The Bertz CT molecular complexity index is 1110. The number of carbonyl (C=O) groups is 1. The zero-order valence-corrected chi connectivity index (χ0v) is 16.8. The topological polar surface area (TPSA) is 54.9 Å². The minimum atomic E-state index is -4.38. The van der Waals surface area contributed by atoms with Gasteiger partial charge in [-0.25, -0.2) is 0 Å². The van der Waals surface area contributed by atoms with Crippen LogP contribution >= 0.6 is 0 Å². The first-order valence-corrected chi connectivity index (χ1v) is 9.87. The Kier molecular flexibility index (Phi) is 5.00. The monoisotopic (exact) mass is 413 g/mol. The highest BCUT2D eigenvalue weighted by Crippen LogP contribution is 2.40. The van der Waals surface area contributed by atoms with Crippen LogP contribution in [0.15, 0.2) is 48.7 Å². The normalized spacial score (nSPS) is 16.9. The molecule has 0 radical (unpaired) electrons. The zero-order valence-electron chi connectivity index (χ0n) is 16.8. The number of carbonyl (C=O) groups excluding carboxylic acids is 1. The fourth-order valence-electron chi connectivity index (χ4n) is 3.71. The van der Waals surface area contributed by atoms with Crippen molar-refractivity contribution < 1.29 is 18.0 Å². The SMILES string of the molecule is CC(C)(c1ccc2c(n1)CC[C@@H](C(=O)Nc1cnc3ccccc3c1)C2)C(F)(F)F. The van der Waals surface area contributed by atoms with Crippen LogP contribution in [0.2, 0.25) is 0 Å². The van der Waals surface area contributed by atoms with Gasteiger partial charge in [0.15, 0.2) is 0 Å². The van der Waals surface area contributed by atoms with Crippen molar-refractivity contribution in [2.45, 2.75) is 44.7 Å². The number of pyridine rings is 2. The Balaban J connectivity index is 1.49. The smallest absolute Gasteiger partial charge is 0.324 e. The Labute approximate surface area is 172 Å². The molecule has 1 amide bonds. The van der Waals surface area contributed by atoms with Crippen LogP contribution in [0.1, 0.15) is 37.2 Å². The fourth-order valence-corrected chi connectivity index (χ4v) is 3.71. The van der Waals surface area contributed by atoms with E-state index in [9.17, 15) is 18.0 Å². The number of para-hydroxylation sites is 1. The number of hydrogen-bond acceptors (Lipinski definition) is 3. The van der Waals surface area contributed by atoms with Gasteiger partial charge in [0.05, 0.1) is 23.1 Å². The summed E-state index contributed by atoms with van der Waals surface area (Å²) >= 11 is 0. The van der Waals surface area contributed by atoms with Crippen LogP contribution < -0.4 is 5.32 Å². The zero-order chi connectivity index (χ0) is 21.5. The van der Waals surface area contributed by atoms with Crippen LogP contribution in [-0.2, 0) is 23.1 Å². The number of hydrogen-bond donors (Lipinski definition) is 1. The van der Waals surface area contributed by atoms with E-state index in [4.69, 9.17) is 0 Å². The number of nitrogens with zero attached hydrogens (tertiary/aromatic N) is 2. The lowest BCUT2D eigenvalue weighted by Gasteiger charge is -2.29. The molecule has 4 nitrogen and oxygen atoms in total. The minimum absolute atomic E-state index is 0.0129. The number of benzene rings is 1. The van der Waals surface area contributed by atoms with Gasteiger partial charge in [-0.15, -0.1) is 0 Å². The van der Waals surface area contributed by atoms with E-state index in [0.29, 0.717) is 30.6 Å². The van der Waals surface area contributed by atoms with E-state index in [0.717, 1.165) is 30.3 Å². The molecular formula is C23H22F3N3O. The molecule has 1 aromatic carbocycles. The van der Waals surface area contributed by atoms with E-state index < -0.39 is 11.6 Å². The molecule has 30 heavy (non-hydrogen) atoms. The van der Waals surface area contributed by atoms with Gasteiger partial charge < -0.3 is 5.32 Å². The van der Waals surface area contributed by atoms with Crippen LogP contribution in [0, 0.1) is 5.92 Å². The Hall–Kier alpha value is -2.96. The van der Waals surface area contributed by atoms with Crippen molar-refractivity contribution >= 4 is 22.5 Å². The Morgan fingerprint density at radius 3 is 2.67 bits per heavy atom. The van der Waals surface area contributed by atoms with Crippen molar-refractivity contribution in [3.8, 4) is 0 Å². The van der Waals surface area contributed by atoms with E-state index in [2.05, 4.69) is 15.3 Å². The maximum Gasteiger partial charge on any atom is 0.399 e. The van der Waals surface area contributed by atoms with E-state index in [1.807, 2.05) is 30.3 Å². The average Bonchev–Trinajstić information content (AvgIpc) is 2.72. The molecular weight excluding hydrogens is 391 g/mol. The molecule has 0 unspecified atom stereocenters. The molecule has 0 saturated heterocycles. The Morgan fingerprint density at radius 1 is 1.13 bits per heavy atom. The number of nitrogens with one attached hydrogen (secondary N) is 1. The summed E-state index contributed by atoms with van der Waals surface area (Å²) in [6, 6.07) is 12.6. The largest absolute Gasteiger partial charge is 0.399 e. The molecule has 0 fully saturated rings. The van der Waals surface area contributed by atoms with E-state index in [1.165, 1.54) is 6.07 Å². The third kappa shape index (κ3) is 3.76. The maximum absolute atomic E-state index is 13.3. The first-order valence-electron chi connectivity index (χ1n) is 9.87. The quantitative estimate of drug-likeness (QED) is 0.641. The number of aromatic nitrogens is 2. The van der Waals surface area contributed by atoms with Crippen LogP contribution in [0.4, 0.5) is 18.9 Å². The molecule has 7 heteroatoms. The van der Waals surface area contributed by atoms with Gasteiger partial charge in [0, 0.05) is 17.0 Å². The van der Waals surface area contributed by atoms with Crippen molar-refractivity contribution in [3.63, 3.8) is 0 Å². The number of fused-ring (bicyclic) bond motifs is 2. The highest BCUT2D eigenvalue weighted by Gasteiger charge is 2.49. The van der Waals surface area contributed by atoms with Crippen molar-refractivity contribution in [1.29, 1.82) is 0 Å². The van der Waals surface area contributed by atoms with Gasteiger partial charge in [-0.1, -0.05) is 24.3 Å². The lowest BCUT2D eigenvalue weighted by Crippen LogP contribution is -2.38. The van der Waals surface area contributed by atoms with Gasteiger partial charge in [-0.2, -0.15) is 13.2 Å². The summed E-state index contributed by atoms with van der Waals surface area (Å²) in [6.07, 6.45) is -1.26. The van der Waals surface area contributed by atoms with Crippen LogP contribution in [0.25, 0.3) is 10.9 Å². The van der Waals surface area contributed by atoms with Crippen molar-refractivity contribution in [3.05, 3.63) is 65.6 Å². The summed E-state index contributed by atoms with van der Waals surface area (Å²) in [5.41, 5.74) is 0.967. The van der Waals surface area contributed by atoms with Gasteiger partial charge in [0.1, 0.15) is 5.41 Å². The summed E-state index contributed by atoms with van der Waals surface area (Å²) in [7, 11) is 0. The summed E-state index contributed by atoms with van der Waals surface area (Å²) in [4.78, 5) is 21.4. The number of anilines is 1. The van der Waals surface area contributed by atoms with E-state index in [-0.39, 0.29) is 17.5 Å². The standard InChI is InChI=1S/C23H22F3N3O/c1-22(2,23(24,25)26)20-10-8-15-11-16(7-9-19(15)29-20)21(30)28-17-12-14-5-3-4-6-18(14)27-13-17/h3-6,8,10,12-13,16H,7,9,11H2,1-2H3,(H,28,30)/t16-/m1/s1. The first-order chi connectivity index (χ1) is 14.1. The molecule has 2 aromatic heterocycles. The first kappa shape index (κ1) is 20.3. The predicted molar refractivity (Wildman–Crippen MR) is 109 cm³/mol. The summed E-state index contributed by atoms with van der Waals surface area (Å²) < 4.78 is 40.0. The molecule has 4 rings (SSSR count). The van der Waals surface area contributed by atoms with E-state index >= 15 is 0 Å². The number of alkyl halides is 3. The lowest BCUT2D eigenvalue weighted by atomic mass is 9.83. The van der Waals surface area contributed by atoms with Crippen molar-refractivity contribution in [1.82, 2.24) is 9.97 Å². The molecule has 1 N–H and O–H groups in total. The number of aryl methyl sites for hydroxylation is 1. The molecule has 0 bridgehead atoms. The summed E-state index contributed by atoms with van der Waals surface area (Å²) in [5.74, 6) is -0.371.